The van der Waals surface area contributed by atoms with Gasteiger partial charge in [0.05, 0.1) is 16.3 Å². The van der Waals surface area contributed by atoms with Crippen LogP contribution in [-0.2, 0) is 19.3 Å². The molecular formula is C20H26N4OS2. The Balaban J connectivity index is 1.94. The number of unbranched alkanes of at least 4 members (excludes halogenated alkanes) is 1. The molecule has 0 amide bonds. The molecule has 144 valence electrons. The van der Waals surface area contributed by atoms with Crippen molar-refractivity contribution < 1.29 is 5.11 Å². The lowest BCUT2D eigenvalue weighted by atomic mass is 10.0. The summed E-state index contributed by atoms with van der Waals surface area (Å²) in [5.74, 6) is 0.815. The molecule has 4 rings (SSSR count). The van der Waals surface area contributed by atoms with Gasteiger partial charge in [0, 0.05) is 17.6 Å². The Hall–Kier alpha value is -1.44. The SMILES string of the molecule is CCCCc1nc2sc3c(NC[C@@H](C)O)nc(SC)nc3c2c2c1CCC2. The number of aliphatic hydroxyl groups is 1. The summed E-state index contributed by atoms with van der Waals surface area (Å²) in [4.78, 5) is 15.7. The quantitative estimate of drug-likeness (QED) is 0.445. The summed E-state index contributed by atoms with van der Waals surface area (Å²) in [5.41, 5.74) is 5.25. The Bertz CT molecular complexity index is 983. The maximum atomic E-state index is 9.68. The lowest BCUT2D eigenvalue weighted by Gasteiger charge is -2.10. The summed E-state index contributed by atoms with van der Waals surface area (Å²) in [6, 6.07) is 0. The molecule has 1 atom stereocenters. The van der Waals surface area contributed by atoms with Gasteiger partial charge in [0.2, 0.25) is 0 Å². The van der Waals surface area contributed by atoms with Crippen molar-refractivity contribution in [2.24, 2.45) is 0 Å². The smallest absolute Gasteiger partial charge is 0.189 e. The number of aryl methyl sites for hydroxylation is 2. The molecule has 3 heterocycles. The molecule has 2 N–H and O–H groups in total. The molecule has 7 heteroatoms. The fourth-order valence-corrected chi connectivity index (χ4v) is 5.33. The van der Waals surface area contributed by atoms with Crippen LogP contribution in [0.2, 0.25) is 0 Å². The van der Waals surface area contributed by atoms with Gasteiger partial charge < -0.3 is 10.4 Å². The molecule has 3 aromatic rings. The molecule has 0 spiro atoms. The van der Waals surface area contributed by atoms with Gasteiger partial charge in [0.15, 0.2) is 5.16 Å². The minimum Gasteiger partial charge on any atom is -0.392 e. The average molecular weight is 403 g/mol. The Morgan fingerprint density at radius 2 is 2.04 bits per heavy atom. The fourth-order valence-electron chi connectivity index (χ4n) is 3.83. The molecule has 0 saturated carbocycles. The highest BCUT2D eigenvalue weighted by atomic mass is 32.2. The van der Waals surface area contributed by atoms with Crippen molar-refractivity contribution in [1.29, 1.82) is 0 Å². The molecule has 0 aromatic carbocycles. The number of pyridine rings is 1. The lowest BCUT2D eigenvalue weighted by Crippen LogP contribution is -2.16. The van der Waals surface area contributed by atoms with Gasteiger partial charge in [-0.2, -0.15) is 0 Å². The van der Waals surface area contributed by atoms with Crippen LogP contribution in [0, 0.1) is 0 Å². The second kappa shape index (κ2) is 7.89. The van der Waals surface area contributed by atoms with Crippen molar-refractivity contribution in [2.45, 2.75) is 63.6 Å². The average Bonchev–Trinajstić information content (AvgIpc) is 3.27. The van der Waals surface area contributed by atoms with E-state index in [9.17, 15) is 5.11 Å². The van der Waals surface area contributed by atoms with E-state index in [2.05, 4.69) is 17.2 Å². The monoisotopic (exact) mass is 402 g/mol. The minimum absolute atomic E-state index is 0.426. The first-order valence-corrected chi connectivity index (χ1v) is 11.8. The molecule has 0 fully saturated rings. The fraction of sp³-hybridized carbons (Fsp3) is 0.550. The summed E-state index contributed by atoms with van der Waals surface area (Å²) in [6.45, 7) is 4.49. The van der Waals surface area contributed by atoms with E-state index in [-0.39, 0.29) is 0 Å². The Morgan fingerprint density at radius 1 is 1.22 bits per heavy atom. The van der Waals surface area contributed by atoms with Crippen LogP contribution in [0.5, 0.6) is 0 Å². The van der Waals surface area contributed by atoms with E-state index in [4.69, 9.17) is 9.97 Å². The summed E-state index contributed by atoms with van der Waals surface area (Å²) >= 11 is 3.23. The van der Waals surface area contributed by atoms with Crippen LogP contribution in [-0.4, -0.2) is 39.0 Å². The van der Waals surface area contributed by atoms with E-state index in [1.54, 1.807) is 30.0 Å². The van der Waals surface area contributed by atoms with Crippen LogP contribution >= 0.6 is 23.1 Å². The highest BCUT2D eigenvalue weighted by Gasteiger charge is 2.24. The molecule has 0 aliphatic heterocycles. The van der Waals surface area contributed by atoms with Crippen molar-refractivity contribution >= 4 is 49.3 Å². The van der Waals surface area contributed by atoms with E-state index >= 15 is 0 Å². The van der Waals surface area contributed by atoms with E-state index in [1.165, 1.54) is 41.5 Å². The van der Waals surface area contributed by atoms with E-state index in [0.29, 0.717) is 6.54 Å². The molecule has 0 saturated heterocycles. The summed E-state index contributed by atoms with van der Waals surface area (Å²) in [5, 5.41) is 15.0. The molecule has 3 aromatic heterocycles. The second-order valence-corrected chi connectivity index (χ2v) is 8.99. The molecule has 1 aliphatic rings. The Morgan fingerprint density at radius 3 is 2.78 bits per heavy atom. The number of aliphatic hydroxyl groups excluding tert-OH is 1. The largest absolute Gasteiger partial charge is 0.392 e. The molecule has 0 unspecified atom stereocenters. The molecule has 27 heavy (non-hydrogen) atoms. The number of hydrogen-bond donors (Lipinski definition) is 2. The van der Waals surface area contributed by atoms with Crippen LogP contribution in [0.3, 0.4) is 0 Å². The van der Waals surface area contributed by atoms with Crippen molar-refractivity contribution in [2.75, 3.05) is 18.1 Å². The number of nitrogens with one attached hydrogen (secondary N) is 1. The number of rotatable bonds is 7. The van der Waals surface area contributed by atoms with Crippen molar-refractivity contribution in [1.82, 2.24) is 15.0 Å². The molecule has 0 bridgehead atoms. The van der Waals surface area contributed by atoms with Crippen molar-refractivity contribution in [3.8, 4) is 0 Å². The topological polar surface area (TPSA) is 70.9 Å². The first-order chi connectivity index (χ1) is 13.1. The standard InChI is InChI=1S/C20H26N4OS2/c1-4-5-9-14-12-7-6-8-13(12)15-16-17(27-19(15)22-14)18(21-10-11(2)25)24-20(23-16)26-3/h11,25H,4-10H2,1-3H3,(H,21,23,24)/t11-/m1/s1. The predicted octanol–water partition coefficient (Wildman–Crippen LogP) is 4.59. The number of fused-ring (bicyclic) bond motifs is 5. The minimum atomic E-state index is -0.426. The van der Waals surface area contributed by atoms with Gasteiger partial charge >= 0.3 is 0 Å². The number of anilines is 1. The molecule has 1 aliphatic carbocycles. The third-order valence-corrected chi connectivity index (χ3v) is 6.74. The van der Waals surface area contributed by atoms with Gasteiger partial charge in [-0.25, -0.2) is 15.0 Å². The van der Waals surface area contributed by atoms with E-state index in [0.717, 1.165) is 45.3 Å². The van der Waals surface area contributed by atoms with Gasteiger partial charge in [-0.05, 0) is 56.4 Å². The summed E-state index contributed by atoms with van der Waals surface area (Å²) < 4.78 is 1.05. The molecule has 0 radical (unpaired) electrons. The van der Waals surface area contributed by atoms with Crippen LogP contribution in [0.1, 0.15) is 49.9 Å². The van der Waals surface area contributed by atoms with Crippen LogP contribution < -0.4 is 5.32 Å². The van der Waals surface area contributed by atoms with E-state index < -0.39 is 6.10 Å². The highest BCUT2D eigenvalue weighted by Crippen LogP contribution is 2.42. The maximum Gasteiger partial charge on any atom is 0.189 e. The normalized spacial score (nSPS) is 14.8. The van der Waals surface area contributed by atoms with Gasteiger partial charge in [-0.15, -0.1) is 11.3 Å². The highest BCUT2D eigenvalue weighted by molar-refractivity contribution is 7.98. The van der Waals surface area contributed by atoms with E-state index in [1.807, 2.05) is 6.26 Å². The number of thioether (sulfide) groups is 1. The Kier molecular flexibility index (Phi) is 5.53. The number of aromatic nitrogens is 3. The van der Waals surface area contributed by atoms with Crippen LogP contribution in [0.25, 0.3) is 20.4 Å². The van der Waals surface area contributed by atoms with Crippen molar-refractivity contribution in [3.63, 3.8) is 0 Å². The predicted molar refractivity (Wildman–Crippen MR) is 115 cm³/mol. The Labute approximate surface area is 168 Å². The molecule has 5 nitrogen and oxygen atoms in total. The maximum absolute atomic E-state index is 9.68. The van der Waals surface area contributed by atoms with Gasteiger partial charge in [-0.1, -0.05) is 25.1 Å². The summed E-state index contributed by atoms with van der Waals surface area (Å²) in [6.07, 6.45) is 8.49. The summed E-state index contributed by atoms with van der Waals surface area (Å²) in [7, 11) is 0. The number of hydrogen-bond acceptors (Lipinski definition) is 7. The third-order valence-electron chi connectivity index (χ3n) is 5.11. The lowest BCUT2D eigenvalue weighted by molar-refractivity contribution is 0.208. The number of thiophene rings is 1. The first-order valence-electron chi connectivity index (χ1n) is 9.73. The van der Waals surface area contributed by atoms with Crippen molar-refractivity contribution in [3.05, 3.63) is 16.8 Å². The zero-order valence-corrected chi connectivity index (χ0v) is 17.8. The van der Waals surface area contributed by atoms with Gasteiger partial charge in [0.1, 0.15) is 10.6 Å². The third kappa shape index (κ3) is 3.52. The van der Waals surface area contributed by atoms with Gasteiger partial charge in [-0.3, -0.25) is 0 Å². The van der Waals surface area contributed by atoms with Crippen LogP contribution in [0.15, 0.2) is 5.16 Å². The zero-order valence-electron chi connectivity index (χ0n) is 16.1. The van der Waals surface area contributed by atoms with Crippen LogP contribution in [0.4, 0.5) is 5.82 Å². The first kappa shape index (κ1) is 18.9. The molecular weight excluding hydrogens is 376 g/mol. The number of nitrogens with zero attached hydrogens (tertiary/aromatic N) is 3. The zero-order chi connectivity index (χ0) is 19.0. The second-order valence-electron chi connectivity index (χ2n) is 7.22. The van der Waals surface area contributed by atoms with Gasteiger partial charge in [0.25, 0.3) is 0 Å².